The summed E-state index contributed by atoms with van der Waals surface area (Å²) in [5.74, 6) is 0.849. The lowest BCUT2D eigenvalue weighted by Gasteiger charge is -2.37. The molecule has 1 atom stereocenters. The summed E-state index contributed by atoms with van der Waals surface area (Å²) in [4.78, 5) is 21.7. The summed E-state index contributed by atoms with van der Waals surface area (Å²) in [6.07, 6.45) is -2.06. The third-order valence-electron chi connectivity index (χ3n) is 4.82. The van der Waals surface area contributed by atoms with Gasteiger partial charge in [-0.05, 0) is 18.6 Å². The van der Waals surface area contributed by atoms with Crippen LogP contribution in [0.1, 0.15) is 17.0 Å². The Morgan fingerprint density at radius 3 is 2.56 bits per heavy atom. The van der Waals surface area contributed by atoms with Gasteiger partial charge in [0.15, 0.2) is 11.7 Å². The van der Waals surface area contributed by atoms with Gasteiger partial charge in [-0.2, -0.15) is 13.2 Å². The van der Waals surface area contributed by atoms with E-state index in [0.717, 1.165) is 0 Å². The predicted octanol–water partition coefficient (Wildman–Crippen LogP) is 1.25. The van der Waals surface area contributed by atoms with Gasteiger partial charge in [0.1, 0.15) is 0 Å². The number of hydrogen-bond acceptors (Lipinski definition) is 4. The minimum Gasteiger partial charge on any atom is -0.459 e. The van der Waals surface area contributed by atoms with E-state index in [1.165, 1.54) is 11.2 Å². The van der Waals surface area contributed by atoms with E-state index >= 15 is 0 Å². The van der Waals surface area contributed by atoms with Crippen molar-refractivity contribution in [3.8, 4) is 0 Å². The molecular weight excluding hydrogens is 363 g/mol. The van der Waals surface area contributed by atoms with Crippen molar-refractivity contribution >= 4 is 11.9 Å². The van der Waals surface area contributed by atoms with Crippen molar-refractivity contribution in [2.75, 3.05) is 52.9 Å². The quantitative estimate of drug-likeness (QED) is 0.625. The first kappa shape index (κ1) is 19.5. The molecule has 1 amide bonds. The van der Waals surface area contributed by atoms with Crippen LogP contribution in [-0.2, 0) is 0 Å². The highest BCUT2D eigenvalue weighted by Gasteiger charge is 2.35. The molecule has 10 heteroatoms. The molecule has 27 heavy (non-hydrogen) atoms. The topological polar surface area (TPSA) is 64.3 Å². The molecule has 1 aromatic heterocycles. The van der Waals surface area contributed by atoms with E-state index in [1.54, 1.807) is 24.1 Å². The van der Waals surface area contributed by atoms with E-state index in [1.807, 2.05) is 4.90 Å². The number of likely N-dealkylation sites (tertiary alicyclic amines) is 1. The van der Waals surface area contributed by atoms with Gasteiger partial charge in [0.05, 0.1) is 12.8 Å². The van der Waals surface area contributed by atoms with E-state index in [2.05, 4.69) is 10.3 Å². The number of guanidine groups is 1. The van der Waals surface area contributed by atoms with Crippen LogP contribution in [0.4, 0.5) is 13.2 Å². The molecule has 1 aromatic rings. The molecule has 0 bridgehead atoms. The van der Waals surface area contributed by atoms with Gasteiger partial charge in [-0.15, -0.1) is 0 Å². The van der Waals surface area contributed by atoms with Gasteiger partial charge in [0.2, 0.25) is 0 Å². The normalized spacial score (nSPS) is 22.4. The first-order valence-corrected chi connectivity index (χ1v) is 8.96. The van der Waals surface area contributed by atoms with Crippen LogP contribution in [-0.4, -0.2) is 91.6 Å². The Hall–Kier alpha value is -2.23. The molecule has 3 rings (SSSR count). The molecule has 1 unspecified atom stereocenters. The number of furan rings is 1. The molecule has 0 radical (unpaired) electrons. The lowest BCUT2D eigenvalue weighted by atomic mass is 10.2. The Morgan fingerprint density at radius 2 is 1.96 bits per heavy atom. The number of carbonyl (C=O) groups is 1. The number of amides is 1. The molecule has 0 saturated carbocycles. The number of carbonyl (C=O) groups excluding carboxylic acids is 1. The van der Waals surface area contributed by atoms with Gasteiger partial charge in [0, 0.05) is 52.4 Å². The fourth-order valence-corrected chi connectivity index (χ4v) is 3.50. The zero-order chi connectivity index (χ0) is 19.4. The highest BCUT2D eigenvalue weighted by Crippen LogP contribution is 2.20. The molecule has 150 valence electrons. The van der Waals surface area contributed by atoms with Gasteiger partial charge >= 0.3 is 6.18 Å². The van der Waals surface area contributed by atoms with Crippen LogP contribution in [0.2, 0.25) is 0 Å². The van der Waals surface area contributed by atoms with E-state index < -0.39 is 12.7 Å². The molecular formula is C17H24F3N5O2. The van der Waals surface area contributed by atoms with Crippen molar-refractivity contribution < 1.29 is 22.4 Å². The second-order valence-electron chi connectivity index (χ2n) is 6.78. The summed E-state index contributed by atoms with van der Waals surface area (Å²) in [6.45, 7) is 2.15. The standard InChI is InChI=1S/C17H24F3N5O2/c1-21-16(22-13-4-5-23(11-13)12-17(18,19)20)25-8-6-24(7-9-25)15(26)14-3-2-10-27-14/h2-3,10,13H,4-9,11-12H2,1H3,(H,21,22). The maximum Gasteiger partial charge on any atom is 0.401 e. The van der Waals surface area contributed by atoms with Crippen LogP contribution < -0.4 is 5.32 Å². The Balaban J connectivity index is 1.48. The molecule has 0 spiro atoms. The molecule has 0 aliphatic carbocycles. The molecule has 0 aromatic carbocycles. The number of nitrogens with one attached hydrogen (secondary N) is 1. The predicted molar refractivity (Wildman–Crippen MR) is 93.6 cm³/mol. The van der Waals surface area contributed by atoms with Crippen LogP contribution in [0.25, 0.3) is 0 Å². The molecule has 2 aliphatic rings. The van der Waals surface area contributed by atoms with Crippen molar-refractivity contribution in [2.24, 2.45) is 4.99 Å². The fourth-order valence-electron chi connectivity index (χ4n) is 3.50. The second-order valence-corrected chi connectivity index (χ2v) is 6.78. The molecule has 2 saturated heterocycles. The SMILES string of the molecule is CN=C(NC1CCN(CC(F)(F)F)C1)N1CCN(C(=O)c2ccco2)CC1. The van der Waals surface area contributed by atoms with Crippen molar-refractivity contribution in [2.45, 2.75) is 18.6 Å². The average molecular weight is 387 g/mol. The zero-order valence-electron chi connectivity index (χ0n) is 15.2. The second kappa shape index (κ2) is 8.20. The molecule has 7 nitrogen and oxygen atoms in total. The van der Waals surface area contributed by atoms with Gasteiger partial charge in [-0.25, -0.2) is 0 Å². The maximum absolute atomic E-state index is 12.5. The number of hydrogen-bond donors (Lipinski definition) is 1. The van der Waals surface area contributed by atoms with Crippen molar-refractivity contribution in [1.29, 1.82) is 0 Å². The third kappa shape index (κ3) is 5.15. The van der Waals surface area contributed by atoms with Gasteiger partial charge in [-0.3, -0.25) is 14.7 Å². The van der Waals surface area contributed by atoms with Crippen LogP contribution in [0.15, 0.2) is 27.8 Å². The first-order valence-electron chi connectivity index (χ1n) is 8.96. The number of aliphatic imine (C=N–C) groups is 1. The molecule has 2 fully saturated rings. The Morgan fingerprint density at radius 1 is 1.26 bits per heavy atom. The van der Waals surface area contributed by atoms with Crippen molar-refractivity contribution in [3.05, 3.63) is 24.2 Å². The Kier molecular flexibility index (Phi) is 5.93. The number of piperazine rings is 1. The smallest absolute Gasteiger partial charge is 0.401 e. The van der Waals surface area contributed by atoms with Crippen LogP contribution in [0, 0.1) is 0 Å². The summed E-state index contributed by atoms with van der Waals surface area (Å²) >= 11 is 0. The summed E-state index contributed by atoms with van der Waals surface area (Å²) in [6, 6.07) is 3.26. The summed E-state index contributed by atoms with van der Waals surface area (Å²) < 4.78 is 42.7. The minimum atomic E-state index is -4.17. The minimum absolute atomic E-state index is 0.0613. The molecule has 1 N–H and O–H groups in total. The third-order valence-corrected chi connectivity index (χ3v) is 4.82. The number of rotatable bonds is 3. The lowest BCUT2D eigenvalue weighted by Crippen LogP contribution is -2.55. The van der Waals surface area contributed by atoms with Crippen LogP contribution in [0.5, 0.6) is 0 Å². The van der Waals surface area contributed by atoms with Gasteiger partial charge < -0.3 is 19.5 Å². The summed E-state index contributed by atoms with van der Waals surface area (Å²) in [5.41, 5.74) is 0. The van der Waals surface area contributed by atoms with Crippen molar-refractivity contribution in [1.82, 2.24) is 20.0 Å². The van der Waals surface area contributed by atoms with Crippen molar-refractivity contribution in [3.63, 3.8) is 0 Å². The van der Waals surface area contributed by atoms with E-state index in [0.29, 0.717) is 57.4 Å². The first-order chi connectivity index (χ1) is 12.9. The van der Waals surface area contributed by atoms with Crippen LogP contribution >= 0.6 is 0 Å². The Bertz CT molecular complexity index is 654. The van der Waals surface area contributed by atoms with E-state index in [9.17, 15) is 18.0 Å². The van der Waals surface area contributed by atoms with Gasteiger partial charge in [0.25, 0.3) is 5.91 Å². The van der Waals surface area contributed by atoms with Gasteiger partial charge in [-0.1, -0.05) is 0 Å². The summed E-state index contributed by atoms with van der Waals surface area (Å²) in [7, 11) is 1.66. The van der Waals surface area contributed by atoms with E-state index in [-0.39, 0.29) is 11.9 Å². The average Bonchev–Trinajstić information content (AvgIpc) is 3.30. The number of nitrogens with zero attached hydrogens (tertiary/aromatic N) is 4. The fraction of sp³-hybridized carbons (Fsp3) is 0.647. The highest BCUT2D eigenvalue weighted by atomic mass is 19.4. The Labute approximate surface area is 155 Å². The number of alkyl halides is 3. The van der Waals surface area contributed by atoms with E-state index in [4.69, 9.17) is 4.42 Å². The lowest BCUT2D eigenvalue weighted by molar-refractivity contribution is -0.143. The summed E-state index contributed by atoms with van der Waals surface area (Å²) in [5, 5.41) is 3.27. The maximum atomic E-state index is 12.5. The highest BCUT2D eigenvalue weighted by molar-refractivity contribution is 5.91. The van der Waals surface area contributed by atoms with Crippen LogP contribution in [0.3, 0.4) is 0 Å². The zero-order valence-corrected chi connectivity index (χ0v) is 15.2. The monoisotopic (exact) mass is 387 g/mol. The largest absolute Gasteiger partial charge is 0.459 e. The molecule has 2 aliphatic heterocycles. The molecule has 3 heterocycles. The number of halogens is 3.